The second kappa shape index (κ2) is 4.65. The van der Waals surface area contributed by atoms with E-state index in [4.69, 9.17) is 4.74 Å². The maximum absolute atomic E-state index is 11.1. The van der Waals surface area contributed by atoms with Crippen molar-refractivity contribution in [1.82, 2.24) is 0 Å². The predicted molar refractivity (Wildman–Crippen MR) is 53.3 cm³/mol. The summed E-state index contributed by atoms with van der Waals surface area (Å²) < 4.78 is 9.98. The Balaban J connectivity index is 2.69. The Morgan fingerprint density at radius 1 is 1.36 bits per heavy atom. The average molecular weight is 194 g/mol. The lowest BCUT2D eigenvalue weighted by atomic mass is 10.2. The zero-order valence-electron chi connectivity index (χ0n) is 8.61. The molecule has 1 aromatic carbocycles. The van der Waals surface area contributed by atoms with Crippen LogP contribution in [0.3, 0.4) is 0 Å². The first-order valence-corrected chi connectivity index (χ1v) is 4.45. The Morgan fingerprint density at radius 3 is 2.57 bits per heavy atom. The Morgan fingerprint density at radius 2 is 2.00 bits per heavy atom. The number of ether oxygens (including phenoxy) is 2. The molecule has 1 aromatic rings. The predicted octanol–water partition coefficient (Wildman–Crippen LogP) is 1.94. The minimum absolute atomic E-state index is 0.367. The molecule has 1 rings (SSSR count). The van der Waals surface area contributed by atoms with E-state index in [0.29, 0.717) is 5.75 Å². The van der Waals surface area contributed by atoms with E-state index < -0.39 is 6.10 Å². The molecular formula is C11H14O3. The molecule has 0 radical (unpaired) electrons. The number of carbonyl (C=O) groups is 1. The summed E-state index contributed by atoms with van der Waals surface area (Å²) in [6, 6.07) is 7.55. The van der Waals surface area contributed by atoms with Gasteiger partial charge in [-0.25, -0.2) is 4.79 Å². The van der Waals surface area contributed by atoms with Crippen LogP contribution in [0.1, 0.15) is 12.5 Å². The summed E-state index contributed by atoms with van der Waals surface area (Å²) in [5.41, 5.74) is 1.00. The molecule has 76 valence electrons. The van der Waals surface area contributed by atoms with Gasteiger partial charge in [0, 0.05) is 0 Å². The Bertz CT molecular complexity index is 320. The Hall–Kier alpha value is -1.51. The zero-order chi connectivity index (χ0) is 10.6. The molecule has 0 heterocycles. The van der Waals surface area contributed by atoms with Gasteiger partial charge in [-0.05, 0) is 25.5 Å². The fourth-order valence-corrected chi connectivity index (χ4v) is 1.09. The number of hydrogen-bond donors (Lipinski definition) is 0. The monoisotopic (exact) mass is 194 g/mol. The van der Waals surface area contributed by atoms with Crippen LogP contribution in [0.2, 0.25) is 0 Å². The number of methoxy groups -OCH3 is 1. The lowest BCUT2D eigenvalue weighted by Crippen LogP contribution is -2.25. The second-order valence-corrected chi connectivity index (χ2v) is 3.05. The third kappa shape index (κ3) is 2.49. The summed E-state index contributed by atoms with van der Waals surface area (Å²) in [7, 11) is 1.35. The first-order valence-electron chi connectivity index (χ1n) is 4.45. The minimum Gasteiger partial charge on any atom is -0.479 e. The van der Waals surface area contributed by atoms with Crippen molar-refractivity contribution in [3.8, 4) is 5.75 Å². The third-order valence-electron chi connectivity index (χ3n) is 1.93. The van der Waals surface area contributed by atoms with E-state index in [-0.39, 0.29) is 5.97 Å². The summed E-state index contributed by atoms with van der Waals surface area (Å²) >= 11 is 0. The minimum atomic E-state index is -0.568. The van der Waals surface area contributed by atoms with Crippen molar-refractivity contribution >= 4 is 5.97 Å². The molecule has 0 fully saturated rings. The van der Waals surface area contributed by atoms with Crippen LogP contribution in [0.5, 0.6) is 5.75 Å². The van der Waals surface area contributed by atoms with E-state index in [0.717, 1.165) is 5.56 Å². The van der Waals surface area contributed by atoms with Crippen molar-refractivity contribution < 1.29 is 14.3 Å². The molecule has 0 aliphatic carbocycles. The number of rotatable bonds is 3. The van der Waals surface area contributed by atoms with Crippen molar-refractivity contribution in [3.05, 3.63) is 29.8 Å². The quantitative estimate of drug-likeness (QED) is 0.690. The molecule has 3 nitrogen and oxygen atoms in total. The van der Waals surface area contributed by atoms with E-state index in [1.54, 1.807) is 6.92 Å². The molecule has 0 unspecified atom stereocenters. The standard InChI is InChI=1S/C11H14O3/c1-8-6-4-5-7-10(8)14-9(2)11(12)13-3/h4-7,9H,1-3H3/t9-/m0/s1. The number of hydrogen-bond acceptors (Lipinski definition) is 3. The van der Waals surface area contributed by atoms with Gasteiger partial charge in [0.05, 0.1) is 7.11 Å². The molecule has 0 saturated carbocycles. The third-order valence-corrected chi connectivity index (χ3v) is 1.93. The zero-order valence-corrected chi connectivity index (χ0v) is 8.61. The van der Waals surface area contributed by atoms with Gasteiger partial charge in [0.1, 0.15) is 5.75 Å². The van der Waals surface area contributed by atoms with Gasteiger partial charge in [0.25, 0.3) is 0 Å². The molecule has 14 heavy (non-hydrogen) atoms. The molecule has 0 N–H and O–H groups in total. The van der Waals surface area contributed by atoms with E-state index in [2.05, 4.69) is 4.74 Å². The molecule has 0 aliphatic heterocycles. The fourth-order valence-electron chi connectivity index (χ4n) is 1.09. The highest BCUT2D eigenvalue weighted by Gasteiger charge is 2.15. The highest BCUT2D eigenvalue weighted by molar-refractivity contribution is 5.74. The normalized spacial score (nSPS) is 11.9. The van der Waals surface area contributed by atoms with Crippen LogP contribution < -0.4 is 4.74 Å². The van der Waals surface area contributed by atoms with Gasteiger partial charge in [0.2, 0.25) is 0 Å². The molecule has 1 atom stereocenters. The highest BCUT2D eigenvalue weighted by atomic mass is 16.6. The van der Waals surface area contributed by atoms with Gasteiger partial charge in [-0.15, -0.1) is 0 Å². The topological polar surface area (TPSA) is 35.5 Å². The summed E-state index contributed by atoms with van der Waals surface area (Å²) in [5.74, 6) is 0.346. The van der Waals surface area contributed by atoms with E-state index in [1.807, 2.05) is 31.2 Å². The van der Waals surface area contributed by atoms with E-state index in [1.165, 1.54) is 7.11 Å². The van der Waals surface area contributed by atoms with Crippen molar-refractivity contribution in [3.63, 3.8) is 0 Å². The van der Waals surface area contributed by atoms with Gasteiger partial charge in [-0.1, -0.05) is 18.2 Å². The molecule has 0 saturated heterocycles. The van der Waals surface area contributed by atoms with Gasteiger partial charge >= 0.3 is 5.97 Å². The number of esters is 1. The highest BCUT2D eigenvalue weighted by Crippen LogP contribution is 2.17. The number of carbonyl (C=O) groups excluding carboxylic acids is 1. The molecule has 0 bridgehead atoms. The molecule has 0 aromatic heterocycles. The molecule has 0 amide bonds. The smallest absolute Gasteiger partial charge is 0.346 e. The maximum Gasteiger partial charge on any atom is 0.346 e. The van der Waals surface area contributed by atoms with Gasteiger partial charge in [0.15, 0.2) is 6.10 Å². The number of aryl methyl sites for hydroxylation is 1. The molecule has 3 heteroatoms. The van der Waals surface area contributed by atoms with Gasteiger partial charge in [-0.3, -0.25) is 0 Å². The van der Waals surface area contributed by atoms with Gasteiger partial charge < -0.3 is 9.47 Å². The summed E-state index contributed by atoms with van der Waals surface area (Å²) in [6.45, 7) is 3.59. The van der Waals surface area contributed by atoms with Crippen LogP contribution in [-0.2, 0) is 9.53 Å². The van der Waals surface area contributed by atoms with Crippen LogP contribution in [0.25, 0.3) is 0 Å². The van der Waals surface area contributed by atoms with Gasteiger partial charge in [-0.2, -0.15) is 0 Å². The van der Waals surface area contributed by atoms with Crippen LogP contribution in [0.4, 0.5) is 0 Å². The second-order valence-electron chi connectivity index (χ2n) is 3.05. The summed E-state index contributed by atoms with van der Waals surface area (Å²) in [5, 5.41) is 0. The van der Waals surface area contributed by atoms with Crippen LogP contribution in [0, 0.1) is 6.92 Å². The maximum atomic E-state index is 11.1. The first-order chi connectivity index (χ1) is 6.65. The average Bonchev–Trinajstić information content (AvgIpc) is 2.20. The molecular weight excluding hydrogens is 180 g/mol. The number of para-hydroxylation sites is 1. The number of benzene rings is 1. The fraction of sp³-hybridized carbons (Fsp3) is 0.364. The van der Waals surface area contributed by atoms with Crippen molar-refractivity contribution in [1.29, 1.82) is 0 Å². The van der Waals surface area contributed by atoms with Crippen LogP contribution >= 0.6 is 0 Å². The van der Waals surface area contributed by atoms with Crippen molar-refractivity contribution in [2.24, 2.45) is 0 Å². The first kappa shape index (κ1) is 10.6. The van der Waals surface area contributed by atoms with Crippen molar-refractivity contribution in [2.75, 3.05) is 7.11 Å². The van der Waals surface area contributed by atoms with Crippen molar-refractivity contribution in [2.45, 2.75) is 20.0 Å². The van der Waals surface area contributed by atoms with E-state index in [9.17, 15) is 4.79 Å². The molecule has 0 aliphatic rings. The Kier molecular flexibility index (Phi) is 3.51. The Labute approximate surface area is 83.6 Å². The largest absolute Gasteiger partial charge is 0.479 e. The molecule has 0 spiro atoms. The lowest BCUT2D eigenvalue weighted by Gasteiger charge is -2.13. The lowest BCUT2D eigenvalue weighted by molar-refractivity contribution is -0.147. The van der Waals surface area contributed by atoms with Crippen LogP contribution in [0.15, 0.2) is 24.3 Å². The summed E-state index contributed by atoms with van der Waals surface area (Å²) in [6.07, 6.45) is -0.568. The van der Waals surface area contributed by atoms with E-state index >= 15 is 0 Å². The SMILES string of the molecule is COC(=O)[C@H](C)Oc1ccccc1C. The van der Waals surface area contributed by atoms with Crippen LogP contribution in [-0.4, -0.2) is 19.2 Å². The summed E-state index contributed by atoms with van der Waals surface area (Å²) in [4.78, 5) is 11.1.